The van der Waals surface area contributed by atoms with Crippen LogP contribution in [0.15, 0.2) is 0 Å². The maximum atomic E-state index is 10.7. The lowest BCUT2D eigenvalue weighted by atomic mass is 9.97. The summed E-state index contributed by atoms with van der Waals surface area (Å²) >= 11 is 0. The Kier molecular flexibility index (Phi) is 4.85. The van der Waals surface area contributed by atoms with E-state index in [1.807, 2.05) is 0 Å². The molecule has 0 heterocycles. The number of ether oxygens (including phenoxy) is 1. The van der Waals surface area contributed by atoms with Crippen LogP contribution in [-0.2, 0) is 9.53 Å². The second kappa shape index (κ2) is 5.11. The van der Waals surface area contributed by atoms with E-state index in [9.17, 15) is 4.79 Å². The van der Waals surface area contributed by atoms with Crippen molar-refractivity contribution in [1.29, 1.82) is 0 Å². The highest BCUT2D eigenvalue weighted by atomic mass is 16.5. The van der Waals surface area contributed by atoms with Crippen molar-refractivity contribution < 1.29 is 19.7 Å². The molecule has 0 rings (SSSR count). The zero-order valence-electron chi connectivity index (χ0n) is 7.54. The van der Waals surface area contributed by atoms with E-state index in [4.69, 9.17) is 14.9 Å². The third-order valence-corrected chi connectivity index (χ3v) is 1.37. The summed E-state index contributed by atoms with van der Waals surface area (Å²) in [6.45, 7) is 3.54. The van der Waals surface area contributed by atoms with Crippen molar-refractivity contribution in [2.75, 3.05) is 19.8 Å². The molecule has 0 atom stereocenters. The summed E-state index contributed by atoms with van der Waals surface area (Å²) in [6.07, 6.45) is 0.0154. The summed E-state index contributed by atoms with van der Waals surface area (Å²) in [7, 11) is 0. The first-order valence-electron chi connectivity index (χ1n) is 3.89. The van der Waals surface area contributed by atoms with Crippen molar-refractivity contribution >= 4 is 5.97 Å². The van der Waals surface area contributed by atoms with Gasteiger partial charge in [-0.1, -0.05) is 13.8 Å². The van der Waals surface area contributed by atoms with E-state index in [0.717, 1.165) is 0 Å². The Hall–Kier alpha value is -0.610. The predicted octanol–water partition coefficient (Wildman–Crippen LogP) is -0.0695. The van der Waals surface area contributed by atoms with Gasteiger partial charge in [-0.05, 0) is 0 Å². The first kappa shape index (κ1) is 11.4. The summed E-state index contributed by atoms with van der Waals surface area (Å²) in [5, 5.41) is 17.2. The number of hydrogen-bond acceptors (Lipinski definition) is 4. The first-order valence-corrected chi connectivity index (χ1v) is 3.89. The van der Waals surface area contributed by atoms with Crippen LogP contribution in [0.5, 0.6) is 0 Å². The topological polar surface area (TPSA) is 66.8 Å². The maximum Gasteiger partial charge on any atom is 0.308 e. The van der Waals surface area contributed by atoms with Crippen molar-refractivity contribution in [3.8, 4) is 0 Å². The highest BCUT2D eigenvalue weighted by molar-refractivity contribution is 5.69. The van der Waals surface area contributed by atoms with E-state index in [1.165, 1.54) is 0 Å². The lowest BCUT2D eigenvalue weighted by Gasteiger charge is -2.20. The Morgan fingerprint density at radius 1 is 1.42 bits per heavy atom. The van der Waals surface area contributed by atoms with Gasteiger partial charge in [0.2, 0.25) is 0 Å². The molecule has 0 amide bonds. The summed E-state index contributed by atoms with van der Waals surface area (Å²) in [5.41, 5.74) is -0.398. The van der Waals surface area contributed by atoms with Crippen molar-refractivity contribution in [3.05, 3.63) is 0 Å². The van der Waals surface area contributed by atoms with Gasteiger partial charge in [0.15, 0.2) is 0 Å². The Morgan fingerprint density at radius 3 is 2.42 bits per heavy atom. The molecule has 0 aliphatic carbocycles. The molecule has 0 spiro atoms. The van der Waals surface area contributed by atoms with Gasteiger partial charge in [0, 0.05) is 5.41 Å². The van der Waals surface area contributed by atoms with Crippen LogP contribution in [0.1, 0.15) is 20.3 Å². The van der Waals surface area contributed by atoms with Gasteiger partial charge in [-0.15, -0.1) is 0 Å². The fraction of sp³-hybridized carbons (Fsp3) is 0.875. The van der Waals surface area contributed by atoms with E-state index in [2.05, 4.69) is 0 Å². The molecule has 0 bridgehead atoms. The number of hydrogen-bond donors (Lipinski definition) is 2. The van der Waals surface area contributed by atoms with Crippen LogP contribution in [0.25, 0.3) is 0 Å². The van der Waals surface area contributed by atoms with Gasteiger partial charge in [0.05, 0.1) is 26.2 Å². The van der Waals surface area contributed by atoms with Gasteiger partial charge in [-0.25, -0.2) is 0 Å². The van der Waals surface area contributed by atoms with Crippen LogP contribution < -0.4 is 0 Å². The van der Waals surface area contributed by atoms with Crippen LogP contribution in [-0.4, -0.2) is 36.0 Å². The maximum absolute atomic E-state index is 10.7. The third kappa shape index (κ3) is 5.09. The van der Waals surface area contributed by atoms with Crippen LogP contribution in [0.4, 0.5) is 0 Å². The van der Waals surface area contributed by atoms with E-state index in [0.29, 0.717) is 0 Å². The molecule has 0 aromatic carbocycles. The summed E-state index contributed by atoms with van der Waals surface area (Å²) in [5.74, 6) is -0.431. The van der Waals surface area contributed by atoms with Crippen molar-refractivity contribution in [3.63, 3.8) is 0 Å². The molecule has 4 heteroatoms. The minimum Gasteiger partial charge on any atom is -0.465 e. The van der Waals surface area contributed by atoms with Crippen LogP contribution in [0, 0.1) is 5.41 Å². The quantitative estimate of drug-likeness (QED) is 0.575. The third-order valence-electron chi connectivity index (χ3n) is 1.37. The number of esters is 1. The molecule has 72 valence electrons. The lowest BCUT2D eigenvalue weighted by molar-refractivity contribution is -0.148. The van der Waals surface area contributed by atoms with Crippen LogP contribution in [0.2, 0.25) is 0 Å². The smallest absolute Gasteiger partial charge is 0.308 e. The molecule has 0 aliphatic rings. The molecular formula is C8H16O4. The van der Waals surface area contributed by atoms with Crippen molar-refractivity contribution in [2.24, 2.45) is 5.41 Å². The van der Waals surface area contributed by atoms with E-state index < -0.39 is 11.4 Å². The van der Waals surface area contributed by atoms with Gasteiger partial charge < -0.3 is 14.9 Å². The highest BCUT2D eigenvalue weighted by Gasteiger charge is 2.18. The van der Waals surface area contributed by atoms with Gasteiger partial charge in [-0.3, -0.25) is 4.79 Å². The van der Waals surface area contributed by atoms with E-state index in [-0.39, 0.29) is 26.2 Å². The Morgan fingerprint density at radius 2 is 2.00 bits per heavy atom. The summed E-state index contributed by atoms with van der Waals surface area (Å²) in [6, 6.07) is 0. The number of aliphatic hydroxyl groups excluding tert-OH is 2. The van der Waals surface area contributed by atoms with Crippen molar-refractivity contribution in [1.82, 2.24) is 0 Å². The Labute approximate surface area is 72.2 Å². The van der Waals surface area contributed by atoms with E-state index >= 15 is 0 Å². The average Bonchev–Trinajstić information content (AvgIpc) is 2.02. The number of carbonyl (C=O) groups is 1. The lowest BCUT2D eigenvalue weighted by Crippen LogP contribution is -2.25. The van der Waals surface area contributed by atoms with Gasteiger partial charge >= 0.3 is 5.97 Å². The van der Waals surface area contributed by atoms with Gasteiger partial charge in [0.25, 0.3) is 0 Å². The minimum absolute atomic E-state index is 0.0154. The molecule has 0 radical (unpaired) electrons. The Bertz CT molecular complexity index is 142. The molecular weight excluding hydrogens is 160 g/mol. The molecule has 2 N–H and O–H groups in total. The monoisotopic (exact) mass is 176 g/mol. The molecule has 0 saturated carbocycles. The number of carbonyl (C=O) groups excluding carboxylic acids is 1. The normalized spacial score (nSPS) is 11.3. The first-order chi connectivity index (χ1) is 5.52. The molecule has 0 aromatic rings. The molecule has 0 saturated heterocycles. The van der Waals surface area contributed by atoms with E-state index in [1.54, 1.807) is 13.8 Å². The van der Waals surface area contributed by atoms with Gasteiger partial charge in [-0.2, -0.15) is 0 Å². The second-order valence-electron chi connectivity index (χ2n) is 3.46. The predicted molar refractivity (Wildman–Crippen MR) is 43.5 cm³/mol. The Balaban J connectivity index is 3.60. The fourth-order valence-corrected chi connectivity index (χ4v) is 0.485. The summed E-state index contributed by atoms with van der Waals surface area (Å²) in [4.78, 5) is 10.7. The zero-order valence-corrected chi connectivity index (χ0v) is 7.54. The number of aliphatic hydroxyl groups is 2. The SMILES string of the molecule is CC(C)(CO)COC(=O)CCO. The molecule has 0 unspecified atom stereocenters. The zero-order chi connectivity index (χ0) is 9.61. The fourth-order valence-electron chi connectivity index (χ4n) is 0.485. The average molecular weight is 176 g/mol. The standard InChI is InChI=1S/C8H16O4/c1-8(2,5-10)6-12-7(11)3-4-9/h9-10H,3-6H2,1-2H3. The van der Waals surface area contributed by atoms with Crippen molar-refractivity contribution in [2.45, 2.75) is 20.3 Å². The summed E-state index contributed by atoms with van der Waals surface area (Å²) < 4.78 is 4.78. The second-order valence-corrected chi connectivity index (χ2v) is 3.46. The molecule has 12 heavy (non-hydrogen) atoms. The van der Waals surface area contributed by atoms with Crippen LogP contribution in [0.3, 0.4) is 0 Å². The molecule has 0 aromatic heterocycles. The van der Waals surface area contributed by atoms with Gasteiger partial charge in [0.1, 0.15) is 0 Å². The molecule has 0 fully saturated rings. The largest absolute Gasteiger partial charge is 0.465 e. The highest BCUT2D eigenvalue weighted by Crippen LogP contribution is 2.13. The molecule has 0 aliphatic heterocycles. The van der Waals surface area contributed by atoms with Crippen LogP contribution >= 0.6 is 0 Å². The minimum atomic E-state index is -0.431. The molecule has 4 nitrogen and oxygen atoms in total. The number of rotatable bonds is 5.